The van der Waals surface area contributed by atoms with E-state index in [1.807, 2.05) is 24.3 Å². The van der Waals surface area contributed by atoms with Gasteiger partial charge in [0, 0.05) is 12.8 Å². The molecule has 126 valence electrons. The van der Waals surface area contributed by atoms with Crippen LogP contribution in [0.25, 0.3) is 0 Å². The summed E-state index contributed by atoms with van der Waals surface area (Å²) in [6.45, 7) is 0. The zero-order chi connectivity index (χ0) is 17.1. The summed E-state index contributed by atoms with van der Waals surface area (Å²) < 4.78 is 9.28. The third kappa shape index (κ3) is 3.08. The minimum Gasteiger partial charge on any atom is -0.466 e. The molecule has 0 radical (unpaired) electrons. The number of carbonyl (C=O) groups excluding carboxylic acids is 2. The standard InChI is InChI=1S/C16H16N2O6/c1-21-15(19)13-7-11(17-23-13)9-3-5-10(6-4-9)12-8-14(24-18-12)16(20)22-2/h3-6,13-14H,7-8H2,1-2H3. The number of esters is 2. The van der Waals surface area contributed by atoms with E-state index in [9.17, 15) is 9.59 Å². The Balaban J connectivity index is 1.65. The second-order valence-corrected chi connectivity index (χ2v) is 5.30. The normalized spacial score (nSPS) is 22.1. The van der Waals surface area contributed by atoms with Crippen molar-refractivity contribution in [3.63, 3.8) is 0 Å². The van der Waals surface area contributed by atoms with Crippen molar-refractivity contribution in [2.24, 2.45) is 10.3 Å². The largest absolute Gasteiger partial charge is 0.466 e. The molecule has 0 saturated carbocycles. The first kappa shape index (κ1) is 16.0. The maximum atomic E-state index is 11.4. The predicted octanol–water partition coefficient (Wildman–Crippen LogP) is 1.02. The lowest BCUT2D eigenvalue weighted by Gasteiger charge is -2.05. The van der Waals surface area contributed by atoms with Crippen molar-refractivity contribution < 1.29 is 28.7 Å². The summed E-state index contributed by atoms with van der Waals surface area (Å²) in [5.41, 5.74) is 3.03. The van der Waals surface area contributed by atoms with Gasteiger partial charge in [0.2, 0.25) is 12.2 Å². The van der Waals surface area contributed by atoms with Gasteiger partial charge in [-0.25, -0.2) is 9.59 Å². The fourth-order valence-electron chi connectivity index (χ4n) is 2.47. The van der Waals surface area contributed by atoms with E-state index in [0.717, 1.165) is 11.1 Å². The molecule has 0 aromatic heterocycles. The van der Waals surface area contributed by atoms with Crippen molar-refractivity contribution in [3.05, 3.63) is 35.4 Å². The molecule has 2 aliphatic heterocycles. The highest BCUT2D eigenvalue weighted by Gasteiger charge is 2.31. The number of oxime groups is 2. The van der Waals surface area contributed by atoms with Crippen molar-refractivity contribution in [1.29, 1.82) is 0 Å². The smallest absolute Gasteiger partial charge is 0.350 e. The van der Waals surface area contributed by atoms with Crippen LogP contribution < -0.4 is 0 Å². The fourth-order valence-corrected chi connectivity index (χ4v) is 2.47. The highest BCUT2D eigenvalue weighted by atomic mass is 16.7. The summed E-state index contributed by atoms with van der Waals surface area (Å²) in [7, 11) is 2.62. The molecule has 0 bridgehead atoms. The molecule has 1 aromatic rings. The van der Waals surface area contributed by atoms with E-state index in [0.29, 0.717) is 24.3 Å². The van der Waals surface area contributed by atoms with Crippen molar-refractivity contribution in [2.45, 2.75) is 25.0 Å². The van der Waals surface area contributed by atoms with Crippen molar-refractivity contribution in [3.8, 4) is 0 Å². The molecule has 8 nitrogen and oxygen atoms in total. The first-order chi connectivity index (χ1) is 11.6. The molecule has 2 aliphatic rings. The molecular formula is C16H16N2O6. The van der Waals surface area contributed by atoms with E-state index in [1.54, 1.807) is 0 Å². The van der Waals surface area contributed by atoms with Crippen LogP contribution in [0.15, 0.2) is 34.6 Å². The number of carbonyl (C=O) groups is 2. The number of methoxy groups -OCH3 is 2. The Labute approximate surface area is 138 Å². The Bertz CT molecular complexity index is 649. The minimum atomic E-state index is -0.696. The molecule has 0 saturated heterocycles. The van der Waals surface area contributed by atoms with Gasteiger partial charge >= 0.3 is 11.9 Å². The van der Waals surface area contributed by atoms with Gasteiger partial charge in [0.15, 0.2) is 0 Å². The molecule has 2 atom stereocenters. The van der Waals surface area contributed by atoms with Gasteiger partial charge in [-0.2, -0.15) is 0 Å². The van der Waals surface area contributed by atoms with Crippen LogP contribution >= 0.6 is 0 Å². The van der Waals surface area contributed by atoms with Gasteiger partial charge in [0.1, 0.15) is 0 Å². The first-order valence-electron chi connectivity index (χ1n) is 7.34. The zero-order valence-corrected chi connectivity index (χ0v) is 13.2. The molecule has 2 heterocycles. The van der Waals surface area contributed by atoms with E-state index in [4.69, 9.17) is 9.68 Å². The molecule has 0 N–H and O–H groups in total. The van der Waals surface area contributed by atoms with Crippen LogP contribution in [0.2, 0.25) is 0 Å². The molecule has 0 spiro atoms. The fraction of sp³-hybridized carbons (Fsp3) is 0.375. The molecule has 3 rings (SSSR count). The summed E-state index contributed by atoms with van der Waals surface area (Å²) in [4.78, 5) is 33.0. The predicted molar refractivity (Wildman–Crippen MR) is 82.5 cm³/mol. The van der Waals surface area contributed by atoms with Crippen LogP contribution in [0.4, 0.5) is 0 Å². The average molecular weight is 332 g/mol. The lowest BCUT2D eigenvalue weighted by Crippen LogP contribution is -2.22. The number of hydrogen-bond donors (Lipinski definition) is 0. The third-order valence-electron chi connectivity index (χ3n) is 3.82. The molecule has 2 unspecified atom stereocenters. The number of nitrogens with zero attached hydrogens (tertiary/aromatic N) is 2. The molecule has 0 amide bonds. The maximum Gasteiger partial charge on any atom is 0.350 e. The number of rotatable bonds is 4. The van der Waals surface area contributed by atoms with Gasteiger partial charge in [-0.3, -0.25) is 0 Å². The van der Waals surface area contributed by atoms with E-state index in [1.165, 1.54) is 14.2 Å². The lowest BCUT2D eigenvalue weighted by molar-refractivity contribution is -0.152. The van der Waals surface area contributed by atoms with Crippen LogP contribution in [0.1, 0.15) is 24.0 Å². The van der Waals surface area contributed by atoms with Gasteiger partial charge in [-0.1, -0.05) is 34.6 Å². The second kappa shape index (κ2) is 6.69. The molecular weight excluding hydrogens is 316 g/mol. The molecule has 0 fully saturated rings. The molecule has 8 heteroatoms. The van der Waals surface area contributed by atoms with E-state index in [-0.39, 0.29) is 0 Å². The SMILES string of the molecule is COC(=O)C1CC(c2ccc(C3=NOC(C(=O)OC)C3)cc2)=NO1. The Hall–Kier alpha value is -2.90. The topological polar surface area (TPSA) is 95.8 Å². The van der Waals surface area contributed by atoms with E-state index >= 15 is 0 Å². The first-order valence-corrected chi connectivity index (χ1v) is 7.34. The summed E-state index contributed by atoms with van der Waals surface area (Å²) in [5.74, 6) is -0.895. The minimum absolute atomic E-state index is 0.362. The Morgan fingerprint density at radius 2 is 1.25 bits per heavy atom. The molecule has 1 aromatic carbocycles. The quantitative estimate of drug-likeness (QED) is 0.764. The van der Waals surface area contributed by atoms with E-state index in [2.05, 4.69) is 19.8 Å². The van der Waals surface area contributed by atoms with Crippen molar-refractivity contribution in [2.75, 3.05) is 14.2 Å². The van der Waals surface area contributed by atoms with Gasteiger partial charge in [-0.15, -0.1) is 0 Å². The molecule has 0 aliphatic carbocycles. The van der Waals surface area contributed by atoms with Crippen LogP contribution in [-0.2, 0) is 28.7 Å². The highest BCUT2D eigenvalue weighted by Crippen LogP contribution is 2.21. The summed E-state index contributed by atoms with van der Waals surface area (Å²) in [6.07, 6.45) is -0.669. The Morgan fingerprint density at radius 1 is 0.875 bits per heavy atom. The van der Waals surface area contributed by atoms with Gasteiger partial charge in [0.25, 0.3) is 0 Å². The second-order valence-electron chi connectivity index (χ2n) is 5.30. The van der Waals surface area contributed by atoms with Crippen LogP contribution in [0.3, 0.4) is 0 Å². The number of benzene rings is 1. The maximum absolute atomic E-state index is 11.4. The van der Waals surface area contributed by atoms with Crippen LogP contribution in [-0.4, -0.2) is 49.8 Å². The Kier molecular flexibility index (Phi) is 4.45. The monoisotopic (exact) mass is 332 g/mol. The average Bonchev–Trinajstić information content (AvgIpc) is 3.30. The Morgan fingerprint density at radius 3 is 1.58 bits per heavy atom. The molecule has 24 heavy (non-hydrogen) atoms. The van der Waals surface area contributed by atoms with Crippen LogP contribution in [0, 0.1) is 0 Å². The van der Waals surface area contributed by atoms with Gasteiger partial charge in [0.05, 0.1) is 25.6 Å². The highest BCUT2D eigenvalue weighted by molar-refractivity contribution is 6.06. The summed E-state index contributed by atoms with van der Waals surface area (Å²) >= 11 is 0. The zero-order valence-electron chi connectivity index (χ0n) is 13.2. The number of hydrogen-bond acceptors (Lipinski definition) is 8. The number of ether oxygens (including phenoxy) is 2. The summed E-state index contributed by atoms with van der Waals surface area (Å²) in [5, 5.41) is 7.86. The van der Waals surface area contributed by atoms with E-state index < -0.39 is 24.1 Å². The van der Waals surface area contributed by atoms with Gasteiger partial charge in [-0.05, 0) is 11.1 Å². The van der Waals surface area contributed by atoms with Crippen LogP contribution in [0.5, 0.6) is 0 Å². The van der Waals surface area contributed by atoms with Crippen molar-refractivity contribution >= 4 is 23.4 Å². The van der Waals surface area contributed by atoms with Gasteiger partial charge < -0.3 is 19.1 Å². The lowest BCUT2D eigenvalue weighted by atomic mass is 10.00. The third-order valence-corrected chi connectivity index (χ3v) is 3.82. The van der Waals surface area contributed by atoms with Crippen molar-refractivity contribution in [1.82, 2.24) is 0 Å². The summed E-state index contributed by atoms with van der Waals surface area (Å²) in [6, 6.07) is 7.41.